The highest BCUT2D eigenvalue weighted by molar-refractivity contribution is 7.91. The Morgan fingerprint density at radius 2 is 2.16 bits per heavy atom. The molecule has 0 spiro atoms. The first-order chi connectivity index (χ1) is 9.03. The third-order valence-electron chi connectivity index (χ3n) is 3.16. The van der Waals surface area contributed by atoms with Gasteiger partial charge in [-0.25, -0.2) is 8.42 Å². The molecule has 0 aliphatic carbocycles. The average Bonchev–Trinajstić information content (AvgIpc) is 2.59. The van der Waals surface area contributed by atoms with Crippen LogP contribution in [-0.4, -0.2) is 55.9 Å². The maximum absolute atomic E-state index is 12.4. The predicted octanol–water partition coefficient (Wildman–Crippen LogP) is 0.384. The van der Waals surface area contributed by atoms with E-state index in [1.165, 1.54) is 0 Å². The summed E-state index contributed by atoms with van der Waals surface area (Å²) in [7, 11) is -1.28. The largest absolute Gasteiger partial charge is 0.386 e. The third-order valence-corrected chi connectivity index (χ3v) is 4.88. The van der Waals surface area contributed by atoms with E-state index in [4.69, 9.17) is 0 Å². The number of hydrogen-bond acceptors (Lipinski definition) is 5. The number of carbonyl (C=O) groups excluding carboxylic acids is 1. The van der Waals surface area contributed by atoms with Crippen LogP contribution in [0, 0.1) is 0 Å². The Morgan fingerprint density at radius 3 is 2.89 bits per heavy atom. The van der Waals surface area contributed by atoms with Crippen molar-refractivity contribution in [2.45, 2.75) is 6.42 Å². The number of carbonyl (C=O) groups is 1. The van der Waals surface area contributed by atoms with Crippen LogP contribution in [0.4, 0.5) is 5.69 Å². The molecule has 19 heavy (non-hydrogen) atoms. The van der Waals surface area contributed by atoms with Crippen LogP contribution in [-0.2, 0) is 9.84 Å². The predicted molar refractivity (Wildman–Crippen MR) is 73.0 cm³/mol. The Hall–Kier alpha value is -1.63. The van der Waals surface area contributed by atoms with Crippen LogP contribution in [0.3, 0.4) is 0 Å². The summed E-state index contributed by atoms with van der Waals surface area (Å²) >= 11 is 0. The van der Waals surface area contributed by atoms with Crippen molar-refractivity contribution in [1.82, 2.24) is 9.88 Å². The molecule has 0 unspecified atom stereocenters. The molecule has 0 saturated carbocycles. The van der Waals surface area contributed by atoms with Crippen molar-refractivity contribution in [3.05, 3.63) is 24.0 Å². The standard InChI is InChI=1S/C12H17N3O3S/c1-13-11-9-14-4-3-10(11)12(16)15-5-2-7-19(17,18)8-6-15/h3-4,9,13H,2,5-8H2,1H3. The number of anilines is 1. The summed E-state index contributed by atoms with van der Waals surface area (Å²) in [4.78, 5) is 18.0. The van der Waals surface area contributed by atoms with Crippen molar-refractivity contribution in [3.63, 3.8) is 0 Å². The van der Waals surface area contributed by atoms with Gasteiger partial charge in [0.2, 0.25) is 0 Å². The molecule has 2 rings (SSSR count). The van der Waals surface area contributed by atoms with Gasteiger partial charge in [-0.15, -0.1) is 0 Å². The van der Waals surface area contributed by atoms with Gasteiger partial charge in [0.15, 0.2) is 9.84 Å². The molecule has 7 heteroatoms. The molecule has 1 amide bonds. The Balaban J connectivity index is 2.20. The summed E-state index contributed by atoms with van der Waals surface area (Å²) in [5, 5.41) is 2.92. The molecule has 0 atom stereocenters. The smallest absolute Gasteiger partial charge is 0.256 e. The number of sulfone groups is 1. The van der Waals surface area contributed by atoms with E-state index in [0.29, 0.717) is 24.2 Å². The summed E-state index contributed by atoms with van der Waals surface area (Å²) < 4.78 is 23.1. The third kappa shape index (κ3) is 3.23. The van der Waals surface area contributed by atoms with Gasteiger partial charge in [0, 0.05) is 26.3 Å². The first-order valence-electron chi connectivity index (χ1n) is 6.15. The van der Waals surface area contributed by atoms with Gasteiger partial charge in [-0.2, -0.15) is 0 Å². The zero-order valence-corrected chi connectivity index (χ0v) is 11.6. The van der Waals surface area contributed by atoms with Crippen LogP contribution >= 0.6 is 0 Å². The van der Waals surface area contributed by atoms with Crippen LogP contribution in [0.5, 0.6) is 0 Å². The minimum atomic E-state index is -3.01. The van der Waals surface area contributed by atoms with E-state index in [-0.39, 0.29) is 24.0 Å². The van der Waals surface area contributed by atoms with Crippen LogP contribution in [0.25, 0.3) is 0 Å². The molecule has 1 fully saturated rings. The van der Waals surface area contributed by atoms with E-state index >= 15 is 0 Å². The van der Waals surface area contributed by atoms with Crippen LogP contribution in [0.2, 0.25) is 0 Å². The van der Waals surface area contributed by atoms with Crippen molar-refractivity contribution in [2.75, 3.05) is 37.0 Å². The number of aromatic nitrogens is 1. The first-order valence-corrected chi connectivity index (χ1v) is 7.97. The lowest BCUT2D eigenvalue weighted by molar-refractivity contribution is 0.0769. The van der Waals surface area contributed by atoms with Gasteiger partial charge in [0.25, 0.3) is 5.91 Å². The minimum absolute atomic E-state index is 0.0404. The first kappa shape index (κ1) is 13.8. The lowest BCUT2D eigenvalue weighted by atomic mass is 10.2. The van der Waals surface area contributed by atoms with Crippen LogP contribution < -0.4 is 5.32 Å². The van der Waals surface area contributed by atoms with Crippen LogP contribution in [0.1, 0.15) is 16.8 Å². The van der Waals surface area contributed by atoms with Gasteiger partial charge in [0.05, 0.1) is 29.0 Å². The minimum Gasteiger partial charge on any atom is -0.386 e. The van der Waals surface area contributed by atoms with E-state index in [1.54, 1.807) is 30.4 Å². The van der Waals surface area contributed by atoms with Gasteiger partial charge < -0.3 is 10.2 Å². The highest BCUT2D eigenvalue weighted by atomic mass is 32.2. The van der Waals surface area contributed by atoms with Gasteiger partial charge >= 0.3 is 0 Å². The number of amides is 1. The topological polar surface area (TPSA) is 79.4 Å². The van der Waals surface area contributed by atoms with E-state index in [1.807, 2.05) is 0 Å². The second-order valence-corrected chi connectivity index (χ2v) is 6.77. The number of pyridine rings is 1. The summed E-state index contributed by atoms with van der Waals surface area (Å²) in [6, 6.07) is 1.65. The Morgan fingerprint density at radius 1 is 1.37 bits per heavy atom. The molecule has 0 radical (unpaired) electrons. The second-order valence-electron chi connectivity index (χ2n) is 4.47. The highest BCUT2D eigenvalue weighted by Gasteiger charge is 2.24. The van der Waals surface area contributed by atoms with E-state index in [0.717, 1.165) is 0 Å². The molecule has 1 N–H and O–H groups in total. The van der Waals surface area contributed by atoms with E-state index < -0.39 is 9.84 Å². The SMILES string of the molecule is CNc1cnccc1C(=O)N1CCCS(=O)(=O)CC1. The Labute approximate surface area is 112 Å². The number of hydrogen-bond donors (Lipinski definition) is 1. The highest BCUT2D eigenvalue weighted by Crippen LogP contribution is 2.16. The second kappa shape index (κ2) is 5.56. The monoisotopic (exact) mass is 283 g/mol. The fourth-order valence-electron chi connectivity index (χ4n) is 2.09. The summed E-state index contributed by atoms with van der Waals surface area (Å²) in [6.45, 7) is 0.732. The molecule has 6 nitrogen and oxygen atoms in total. The van der Waals surface area contributed by atoms with Crippen molar-refractivity contribution in [3.8, 4) is 0 Å². The molecule has 1 aliphatic heterocycles. The van der Waals surface area contributed by atoms with Crippen molar-refractivity contribution in [2.24, 2.45) is 0 Å². The number of nitrogens with one attached hydrogen (secondary N) is 1. The normalized spacial score (nSPS) is 18.7. The zero-order valence-electron chi connectivity index (χ0n) is 10.8. The molecule has 1 aromatic heterocycles. The summed E-state index contributed by atoms with van der Waals surface area (Å²) in [6.07, 6.45) is 3.64. The fraction of sp³-hybridized carbons (Fsp3) is 0.500. The van der Waals surface area contributed by atoms with Gasteiger partial charge in [-0.05, 0) is 12.5 Å². The van der Waals surface area contributed by atoms with Crippen molar-refractivity contribution >= 4 is 21.4 Å². The quantitative estimate of drug-likeness (QED) is 0.849. The van der Waals surface area contributed by atoms with Crippen molar-refractivity contribution in [1.29, 1.82) is 0 Å². The molecule has 0 bridgehead atoms. The molecule has 0 aromatic carbocycles. The molecular weight excluding hydrogens is 266 g/mol. The van der Waals surface area contributed by atoms with Gasteiger partial charge in [-0.1, -0.05) is 0 Å². The van der Waals surface area contributed by atoms with Gasteiger partial charge in [0.1, 0.15) is 0 Å². The maximum Gasteiger partial charge on any atom is 0.256 e. The summed E-state index contributed by atoms with van der Waals surface area (Å²) in [5.41, 5.74) is 1.18. The lowest BCUT2D eigenvalue weighted by Gasteiger charge is -2.21. The fourth-order valence-corrected chi connectivity index (χ4v) is 3.36. The Bertz CT molecular complexity index is 571. The number of rotatable bonds is 2. The molecule has 104 valence electrons. The zero-order chi connectivity index (χ0) is 13.9. The Kier molecular flexibility index (Phi) is 4.04. The van der Waals surface area contributed by atoms with E-state index in [2.05, 4.69) is 10.3 Å². The lowest BCUT2D eigenvalue weighted by Crippen LogP contribution is -2.34. The summed E-state index contributed by atoms with van der Waals surface area (Å²) in [5.74, 6) is 0.0499. The van der Waals surface area contributed by atoms with Crippen LogP contribution in [0.15, 0.2) is 18.5 Å². The van der Waals surface area contributed by atoms with E-state index in [9.17, 15) is 13.2 Å². The molecule has 1 aromatic rings. The molecule has 2 heterocycles. The van der Waals surface area contributed by atoms with Crippen molar-refractivity contribution < 1.29 is 13.2 Å². The average molecular weight is 283 g/mol. The number of nitrogens with zero attached hydrogens (tertiary/aromatic N) is 2. The van der Waals surface area contributed by atoms with Gasteiger partial charge in [-0.3, -0.25) is 9.78 Å². The molecule has 1 saturated heterocycles. The maximum atomic E-state index is 12.4. The molecule has 1 aliphatic rings. The molecular formula is C12H17N3O3S.